The van der Waals surface area contributed by atoms with Gasteiger partial charge in [0.25, 0.3) is 5.91 Å². The molecule has 0 aromatic carbocycles. The van der Waals surface area contributed by atoms with E-state index in [0.717, 1.165) is 18.5 Å². The van der Waals surface area contributed by atoms with Gasteiger partial charge in [0.1, 0.15) is 0 Å². The van der Waals surface area contributed by atoms with E-state index in [0.29, 0.717) is 11.8 Å². The Bertz CT molecular complexity index is 379. The van der Waals surface area contributed by atoms with Crippen LogP contribution in [0.3, 0.4) is 0 Å². The van der Waals surface area contributed by atoms with Crippen molar-refractivity contribution in [1.82, 2.24) is 10.1 Å². The van der Waals surface area contributed by atoms with Gasteiger partial charge in [0, 0.05) is 19.2 Å². The highest BCUT2D eigenvalue weighted by atomic mass is 16.5. The van der Waals surface area contributed by atoms with Gasteiger partial charge in [-0.25, -0.2) is 0 Å². The molecule has 1 aliphatic carbocycles. The predicted molar refractivity (Wildman–Crippen MR) is 64.8 cm³/mol. The van der Waals surface area contributed by atoms with E-state index in [9.17, 15) is 4.79 Å². The van der Waals surface area contributed by atoms with Crippen LogP contribution in [0.4, 0.5) is 0 Å². The lowest BCUT2D eigenvalue weighted by Gasteiger charge is -2.26. The molecule has 0 aliphatic heterocycles. The van der Waals surface area contributed by atoms with Gasteiger partial charge in [0.2, 0.25) is 5.76 Å². The molecule has 94 valence electrons. The molecular weight excluding hydrogens is 216 g/mol. The molecule has 0 radical (unpaired) electrons. The number of nitrogens with zero attached hydrogens (tertiary/aromatic N) is 2. The first-order valence-corrected chi connectivity index (χ1v) is 6.39. The second-order valence-corrected chi connectivity index (χ2v) is 4.89. The Kier molecular flexibility index (Phi) is 3.82. The molecule has 2 rings (SSSR count). The summed E-state index contributed by atoms with van der Waals surface area (Å²) in [6.45, 7) is 1.83. The topological polar surface area (TPSA) is 46.3 Å². The highest BCUT2D eigenvalue weighted by Crippen LogP contribution is 2.22. The fraction of sp³-hybridized carbons (Fsp3) is 0.692. The highest BCUT2D eigenvalue weighted by Gasteiger charge is 2.24. The summed E-state index contributed by atoms with van der Waals surface area (Å²) in [6, 6.07) is 2.06. The molecule has 0 bridgehead atoms. The minimum Gasteiger partial charge on any atom is -0.351 e. The molecule has 4 heteroatoms. The molecule has 0 unspecified atom stereocenters. The Morgan fingerprint density at radius 1 is 1.35 bits per heavy atom. The molecule has 1 fully saturated rings. The zero-order chi connectivity index (χ0) is 12.3. The fourth-order valence-electron chi connectivity index (χ4n) is 2.45. The Morgan fingerprint density at radius 2 is 2.00 bits per heavy atom. The fourth-order valence-corrected chi connectivity index (χ4v) is 2.45. The summed E-state index contributed by atoms with van der Waals surface area (Å²) in [6.07, 6.45) is 7.24. The Labute approximate surface area is 102 Å². The van der Waals surface area contributed by atoms with Crippen molar-refractivity contribution in [3.8, 4) is 0 Å². The smallest absolute Gasteiger partial charge is 0.292 e. The van der Waals surface area contributed by atoms with Crippen molar-refractivity contribution in [2.24, 2.45) is 0 Å². The van der Waals surface area contributed by atoms with Gasteiger partial charge in [-0.3, -0.25) is 4.79 Å². The van der Waals surface area contributed by atoms with Crippen molar-refractivity contribution in [1.29, 1.82) is 0 Å². The lowest BCUT2D eigenvalue weighted by molar-refractivity contribution is 0.0675. The van der Waals surface area contributed by atoms with E-state index >= 15 is 0 Å². The number of aryl methyl sites for hydroxylation is 1. The van der Waals surface area contributed by atoms with E-state index in [-0.39, 0.29) is 5.91 Å². The Hall–Kier alpha value is -1.32. The third kappa shape index (κ3) is 2.87. The maximum atomic E-state index is 12.2. The summed E-state index contributed by atoms with van der Waals surface area (Å²) in [5.41, 5.74) is 0.752. The largest absolute Gasteiger partial charge is 0.351 e. The number of carbonyl (C=O) groups excluding carboxylic acids is 1. The highest BCUT2D eigenvalue weighted by molar-refractivity contribution is 5.91. The number of hydrogen-bond acceptors (Lipinski definition) is 3. The van der Waals surface area contributed by atoms with Gasteiger partial charge in [0.15, 0.2) is 0 Å². The molecule has 4 nitrogen and oxygen atoms in total. The summed E-state index contributed by atoms with van der Waals surface area (Å²) in [5, 5.41) is 3.76. The van der Waals surface area contributed by atoms with Crippen molar-refractivity contribution >= 4 is 5.91 Å². The van der Waals surface area contributed by atoms with Crippen LogP contribution in [-0.4, -0.2) is 29.1 Å². The summed E-state index contributed by atoms with van der Waals surface area (Å²) < 4.78 is 5.03. The van der Waals surface area contributed by atoms with Crippen LogP contribution >= 0.6 is 0 Å². The van der Waals surface area contributed by atoms with Crippen molar-refractivity contribution in [2.75, 3.05) is 7.05 Å². The molecule has 1 aliphatic rings. The maximum absolute atomic E-state index is 12.2. The average molecular weight is 236 g/mol. The van der Waals surface area contributed by atoms with E-state index in [2.05, 4.69) is 5.16 Å². The van der Waals surface area contributed by atoms with Crippen LogP contribution in [0.2, 0.25) is 0 Å². The number of amides is 1. The van der Waals surface area contributed by atoms with Gasteiger partial charge in [0.05, 0.1) is 5.69 Å². The van der Waals surface area contributed by atoms with E-state index < -0.39 is 0 Å². The standard InChI is InChI=1S/C13H20N2O2/c1-10-9-12(17-14-10)13(16)15(2)11-7-5-3-4-6-8-11/h9,11H,3-8H2,1-2H3. The molecule has 17 heavy (non-hydrogen) atoms. The van der Waals surface area contributed by atoms with Gasteiger partial charge in [-0.1, -0.05) is 30.8 Å². The van der Waals surface area contributed by atoms with Crippen LogP contribution in [-0.2, 0) is 0 Å². The summed E-state index contributed by atoms with van der Waals surface area (Å²) in [5.74, 6) is 0.312. The van der Waals surface area contributed by atoms with E-state index in [1.165, 1.54) is 25.7 Å². The summed E-state index contributed by atoms with van der Waals surface area (Å²) in [4.78, 5) is 14.0. The first-order valence-electron chi connectivity index (χ1n) is 6.39. The number of aromatic nitrogens is 1. The molecule has 1 saturated carbocycles. The summed E-state index contributed by atoms with van der Waals surface area (Å²) in [7, 11) is 1.87. The van der Waals surface area contributed by atoms with Crippen molar-refractivity contribution in [3.63, 3.8) is 0 Å². The Balaban J connectivity index is 2.03. The second-order valence-electron chi connectivity index (χ2n) is 4.89. The van der Waals surface area contributed by atoms with Crippen LogP contribution in [0.15, 0.2) is 10.6 Å². The normalized spacial score (nSPS) is 17.8. The van der Waals surface area contributed by atoms with Crippen molar-refractivity contribution in [2.45, 2.75) is 51.5 Å². The molecule has 0 atom stereocenters. The zero-order valence-electron chi connectivity index (χ0n) is 10.6. The first kappa shape index (κ1) is 12.1. The lowest BCUT2D eigenvalue weighted by atomic mass is 10.1. The number of rotatable bonds is 2. The van der Waals surface area contributed by atoms with E-state index in [1.54, 1.807) is 6.07 Å². The first-order chi connectivity index (χ1) is 8.18. The van der Waals surface area contributed by atoms with Crippen LogP contribution in [0.1, 0.15) is 54.8 Å². The average Bonchev–Trinajstić information content (AvgIpc) is 2.60. The molecular formula is C13H20N2O2. The van der Waals surface area contributed by atoms with Gasteiger partial charge >= 0.3 is 0 Å². The predicted octanol–water partition coefficient (Wildman–Crippen LogP) is 2.78. The van der Waals surface area contributed by atoms with Crippen LogP contribution in [0.25, 0.3) is 0 Å². The molecule has 1 heterocycles. The van der Waals surface area contributed by atoms with Crippen LogP contribution in [0.5, 0.6) is 0 Å². The zero-order valence-corrected chi connectivity index (χ0v) is 10.6. The van der Waals surface area contributed by atoms with Gasteiger partial charge in [-0.05, 0) is 19.8 Å². The third-order valence-corrected chi connectivity index (χ3v) is 3.53. The van der Waals surface area contributed by atoms with E-state index in [4.69, 9.17) is 4.52 Å². The minimum atomic E-state index is -0.0440. The molecule has 1 aromatic heterocycles. The number of hydrogen-bond donors (Lipinski definition) is 0. The quantitative estimate of drug-likeness (QED) is 0.742. The minimum absolute atomic E-state index is 0.0440. The van der Waals surface area contributed by atoms with Crippen molar-refractivity contribution in [3.05, 3.63) is 17.5 Å². The summed E-state index contributed by atoms with van der Waals surface area (Å²) >= 11 is 0. The number of carbonyl (C=O) groups is 1. The maximum Gasteiger partial charge on any atom is 0.292 e. The molecule has 0 N–H and O–H groups in total. The van der Waals surface area contributed by atoms with Gasteiger partial charge in [-0.15, -0.1) is 0 Å². The van der Waals surface area contributed by atoms with Gasteiger partial charge in [-0.2, -0.15) is 0 Å². The van der Waals surface area contributed by atoms with Crippen LogP contribution < -0.4 is 0 Å². The molecule has 0 spiro atoms. The van der Waals surface area contributed by atoms with Crippen LogP contribution in [0, 0.1) is 6.92 Å². The van der Waals surface area contributed by atoms with Gasteiger partial charge < -0.3 is 9.42 Å². The lowest BCUT2D eigenvalue weighted by Crippen LogP contribution is -2.36. The van der Waals surface area contributed by atoms with E-state index in [1.807, 2.05) is 18.9 Å². The molecule has 0 saturated heterocycles. The molecule has 1 aromatic rings. The third-order valence-electron chi connectivity index (χ3n) is 3.53. The SMILES string of the molecule is Cc1cc(C(=O)N(C)C2CCCCCC2)on1. The van der Waals surface area contributed by atoms with Crippen molar-refractivity contribution < 1.29 is 9.32 Å². The Morgan fingerprint density at radius 3 is 2.53 bits per heavy atom. The molecule has 1 amide bonds. The second kappa shape index (κ2) is 5.34. The monoisotopic (exact) mass is 236 g/mol.